The lowest BCUT2D eigenvalue weighted by atomic mass is 10.1. The van der Waals surface area contributed by atoms with Gasteiger partial charge >= 0.3 is 5.97 Å². The van der Waals surface area contributed by atoms with Crippen molar-refractivity contribution >= 4 is 58.1 Å². The summed E-state index contributed by atoms with van der Waals surface area (Å²) in [5, 5.41) is 11.4. The van der Waals surface area contributed by atoms with Crippen molar-refractivity contribution in [3.05, 3.63) is 81.4 Å². The van der Waals surface area contributed by atoms with Gasteiger partial charge in [0.2, 0.25) is 5.91 Å². The summed E-state index contributed by atoms with van der Waals surface area (Å²) < 4.78 is 5.71. The number of hydrogen-bond donors (Lipinski definition) is 2. The van der Waals surface area contributed by atoms with Crippen LogP contribution in [-0.2, 0) is 9.59 Å². The molecule has 172 valence electrons. The Morgan fingerprint density at radius 3 is 2.56 bits per heavy atom. The van der Waals surface area contributed by atoms with Gasteiger partial charge in [0.25, 0.3) is 11.1 Å². The highest BCUT2D eigenvalue weighted by Gasteiger charge is 2.36. The van der Waals surface area contributed by atoms with E-state index in [1.54, 1.807) is 30.3 Å². The molecule has 2 aromatic carbocycles. The zero-order valence-electron chi connectivity index (χ0n) is 17.7. The molecule has 2 N–H and O–H groups in total. The number of furan rings is 1. The highest BCUT2D eigenvalue weighted by Crippen LogP contribution is 2.34. The van der Waals surface area contributed by atoms with Crippen LogP contribution in [0.5, 0.6) is 0 Å². The normalized spacial score (nSPS) is 14.6. The summed E-state index contributed by atoms with van der Waals surface area (Å²) in [6, 6.07) is 14.8. The number of nitrogens with one attached hydrogen (secondary N) is 1. The Morgan fingerprint density at radius 2 is 1.85 bits per heavy atom. The Bertz CT molecular complexity index is 1350. The summed E-state index contributed by atoms with van der Waals surface area (Å²) in [5.41, 5.74) is 2.02. The van der Waals surface area contributed by atoms with Gasteiger partial charge in [-0.15, -0.1) is 0 Å². The average molecular weight is 497 g/mol. The van der Waals surface area contributed by atoms with Crippen molar-refractivity contribution in [2.24, 2.45) is 0 Å². The number of imide groups is 1. The average Bonchev–Trinajstić information content (AvgIpc) is 3.36. The molecule has 4 rings (SSSR count). The number of carboxylic acids is 1. The monoisotopic (exact) mass is 496 g/mol. The van der Waals surface area contributed by atoms with Crippen molar-refractivity contribution in [1.29, 1.82) is 0 Å². The van der Waals surface area contributed by atoms with Gasteiger partial charge in [-0.05, 0) is 61.2 Å². The van der Waals surface area contributed by atoms with Gasteiger partial charge in [-0.2, -0.15) is 0 Å². The topological polar surface area (TPSA) is 117 Å². The largest absolute Gasteiger partial charge is 0.478 e. The summed E-state index contributed by atoms with van der Waals surface area (Å²) in [4.78, 5) is 49.6. The molecule has 1 aliphatic rings. The number of halogens is 1. The molecule has 8 nitrogen and oxygen atoms in total. The lowest BCUT2D eigenvalue weighted by Gasteiger charge is -2.12. The predicted molar refractivity (Wildman–Crippen MR) is 129 cm³/mol. The van der Waals surface area contributed by atoms with Crippen molar-refractivity contribution in [2.45, 2.75) is 6.92 Å². The minimum absolute atomic E-state index is 0.0675. The standard InChI is InChI=1S/C24H17ClN2O6S/c1-13-2-5-15(6-3-13)26-21(28)12-27-22(29)20(34-24(27)32)11-16-7-9-19(33-16)14-4-8-18(25)17(10-14)23(30)31/h2-11H,12H2,1H3,(H,26,28)(H,30,31)/b20-11-. The maximum Gasteiger partial charge on any atom is 0.337 e. The molecule has 3 amide bonds. The number of amides is 3. The molecule has 0 radical (unpaired) electrons. The molecule has 34 heavy (non-hydrogen) atoms. The molecule has 3 aromatic rings. The lowest BCUT2D eigenvalue weighted by Crippen LogP contribution is -2.36. The van der Waals surface area contributed by atoms with E-state index in [-0.39, 0.29) is 21.3 Å². The number of anilines is 1. The fourth-order valence-electron chi connectivity index (χ4n) is 3.17. The van der Waals surface area contributed by atoms with Crippen molar-refractivity contribution in [3.63, 3.8) is 0 Å². The highest BCUT2D eigenvalue weighted by atomic mass is 35.5. The molecule has 0 bridgehead atoms. The Balaban J connectivity index is 1.47. The Hall–Kier alpha value is -3.82. The van der Waals surface area contributed by atoms with Crippen LogP contribution in [0.15, 0.2) is 63.9 Å². The molecule has 1 fully saturated rings. The molecule has 0 spiro atoms. The maximum atomic E-state index is 12.7. The summed E-state index contributed by atoms with van der Waals surface area (Å²) in [6.07, 6.45) is 1.40. The van der Waals surface area contributed by atoms with Gasteiger partial charge in [-0.25, -0.2) is 4.79 Å². The van der Waals surface area contributed by atoms with Gasteiger partial charge in [-0.1, -0.05) is 29.3 Å². The minimum atomic E-state index is -1.17. The van der Waals surface area contributed by atoms with Crippen LogP contribution in [0.25, 0.3) is 17.4 Å². The van der Waals surface area contributed by atoms with E-state index >= 15 is 0 Å². The summed E-state index contributed by atoms with van der Waals surface area (Å²) in [5.74, 6) is -1.62. The number of nitrogens with zero attached hydrogens (tertiary/aromatic N) is 1. The Labute approximate surface area is 203 Å². The number of aromatic carboxylic acids is 1. The van der Waals surface area contributed by atoms with Crippen LogP contribution >= 0.6 is 23.4 Å². The smallest absolute Gasteiger partial charge is 0.337 e. The summed E-state index contributed by atoms with van der Waals surface area (Å²) in [6.45, 7) is 1.50. The van der Waals surface area contributed by atoms with Crippen LogP contribution in [-0.4, -0.2) is 39.6 Å². The van der Waals surface area contributed by atoms with E-state index in [1.165, 1.54) is 18.2 Å². The summed E-state index contributed by atoms with van der Waals surface area (Å²) in [7, 11) is 0. The van der Waals surface area contributed by atoms with Crippen LogP contribution < -0.4 is 5.32 Å². The molecule has 1 aromatic heterocycles. The maximum absolute atomic E-state index is 12.7. The zero-order valence-corrected chi connectivity index (χ0v) is 19.3. The number of thioether (sulfide) groups is 1. The van der Waals surface area contributed by atoms with Crippen LogP contribution in [0.3, 0.4) is 0 Å². The number of hydrogen-bond acceptors (Lipinski definition) is 6. The first-order chi connectivity index (χ1) is 16.2. The van der Waals surface area contributed by atoms with Crippen molar-refractivity contribution in [1.82, 2.24) is 4.90 Å². The van der Waals surface area contributed by atoms with Crippen molar-refractivity contribution in [2.75, 3.05) is 11.9 Å². The highest BCUT2D eigenvalue weighted by molar-refractivity contribution is 8.18. The third-order valence-corrected chi connectivity index (χ3v) is 6.13. The molecule has 10 heteroatoms. The van der Waals surface area contributed by atoms with Gasteiger partial charge in [0.05, 0.1) is 15.5 Å². The van der Waals surface area contributed by atoms with Crippen molar-refractivity contribution < 1.29 is 28.7 Å². The molecular formula is C24H17ClN2O6S. The number of carbonyl (C=O) groups excluding carboxylic acids is 3. The minimum Gasteiger partial charge on any atom is -0.478 e. The van der Waals surface area contributed by atoms with Crippen LogP contribution in [0.1, 0.15) is 21.7 Å². The van der Waals surface area contributed by atoms with E-state index in [0.717, 1.165) is 10.5 Å². The number of aryl methyl sites for hydroxylation is 1. The predicted octanol–water partition coefficient (Wildman–Crippen LogP) is 5.28. The van der Waals surface area contributed by atoms with Gasteiger partial charge in [0.15, 0.2) is 0 Å². The molecule has 1 saturated heterocycles. The van der Waals surface area contributed by atoms with E-state index in [1.807, 2.05) is 19.1 Å². The van der Waals surface area contributed by atoms with Crippen LogP contribution in [0.2, 0.25) is 5.02 Å². The third kappa shape index (κ3) is 5.05. The SMILES string of the molecule is Cc1ccc(NC(=O)CN2C(=O)S/C(=C\c3ccc(-c4ccc(Cl)c(C(=O)O)c4)o3)C2=O)cc1. The number of rotatable bonds is 6. The van der Waals surface area contributed by atoms with Gasteiger partial charge in [-0.3, -0.25) is 19.3 Å². The van der Waals surface area contributed by atoms with Gasteiger partial charge in [0, 0.05) is 17.3 Å². The Morgan fingerprint density at radius 1 is 1.12 bits per heavy atom. The quantitative estimate of drug-likeness (QED) is 0.446. The fourth-order valence-corrected chi connectivity index (χ4v) is 4.19. The van der Waals surface area contributed by atoms with E-state index in [2.05, 4.69) is 5.32 Å². The van der Waals surface area contributed by atoms with Gasteiger partial charge < -0.3 is 14.8 Å². The lowest BCUT2D eigenvalue weighted by molar-refractivity contribution is -0.127. The fraction of sp³-hybridized carbons (Fsp3) is 0.0833. The molecule has 0 saturated carbocycles. The molecule has 1 aliphatic heterocycles. The second kappa shape index (κ2) is 9.58. The number of carbonyl (C=O) groups is 4. The van der Waals surface area contributed by atoms with Gasteiger partial charge in [0.1, 0.15) is 18.1 Å². The van der Waals surface area contributed by atoms with E-state index < -0.39 is 29.6 Å². The molecule has 0 unspecified atom stereocenters. The first-order valence-corrected chi connectivity index (χ1v) is 11.2. The molecule has 2 heterocycles. The van der Waals surface area contributed by atoms with E-state index in [4.69, 9.17) is 16.0 Å². The summed E-state index contributed by atoms with van der Waals surface area (Å²) >= 11 is 6.61. The van der Waals surface area contributed by atoms with Crippen LogP contribution in [0.4, 0.5) is 10.5 Å². The zero-order chi connectivity index (χ0) is 24.4. The van der Waals surface area contributed by atoms with Crippen molar-refractivity contribution in [3.8, 4) is 11.3 Å². The second-order valence-electron chi connectivity index (χ2n) is 7.38. The third-order valence-electron chi connectivity index (χ3n) is 4.89. The van der Waals surface area contributed by atoms with E-state index in [0.29, 0.717) is 28.8 Å². The molecular weight excluding hydrogens is 480 g/mol. The van der Waals surface area contributed by atoms with E-state index in [9.17, 15) is 24.3 Å². The number of carboxylic acid groups (broad SMARTS) is 1. The first-order valence-electron chi connectivity index (χ1n) is 9.96. The van der Waals surface area contributed by atoms with Crippen LogP contribution in [0, 0.1) is 6.92 Å². The second-order valence-corrected chi connectivity index (χ2v) is 8.78. The Kier molecular flexibility index (Phi) is 6.58. The first kappa shape index (κ1) is 23.3. The number of benzene rings is 2. The molecule has 0 atom stereocenters. The molecule has 0 aliphatic carbocycles.